The van der Waals surface area contributed by atoms with E-state index in [9.17, 15) is 9.59 Å². The molecule has 3 rings (SSSR count). The highest BCUT2D eigenvalue weighted by Crippen LogP contribution is 2.38. The molecule has 2 unspecified atom stereocenters. The molecule has 0 saturated carbocycles. The van der Waals surface area contributed by atoms with Gasteiger partial charge in [-0.25, -0.2) is 0 Å². The van der Waals surface area contributed by atoms with Crippen molar-refractivity contribution in [1.29, 1.82) is 0 Å². The van der Waals surface area contributed by atoms with Crippen molar-refractivity contribution in [1.82, 2.24) is 4.90 Å². The molecule has 5 nitrogen and oxygen atoms in total. The molecule has 1 saturated heterocycles. The first-order chi connectivity index (χ1) is 10.5. The Labute approximate surface area is 130 Å². The molecular weight excluding hydrogens is 280 g/mol. The number of ether oxygens (including phenoxy) is 1. The summed E-state index contributed by atoms with van der Waals surface area (Å²) in [7, 11) is 0. The van der Waals surface area contributed by atoms with Gasteiger partial charge in [0.15, 0.2) is 6.10 Å². The van der Waals surface area contributed by atoms with Crippen molar-refractivity contribution < 1.29 is 14.3 Å². The Hall–Kier alpha value is -1.88. The summed E-state index contributed by atoms with van der Waals surface area (Å²) in [6, 6.07) is 8.16. The van der Waals surface area contributed by atoms with Gasteiger partial charge in [0.25, 0.3) is 0 Å². The summed E-state index contributed by atoms with van der Waals surface area (Å²) in [5.41, 5.74) is 7.17. The Morgan fingerprint density at radius 3 is 2.91 bits per heavy atom. The Morgan fingerprint density at radius 1 is 1.36 bits per heavy atom. The lowest BCUT2D eigenvalue weighted by atomic mass is 9.70. The number of carbonyl (C=O) groups excluding carboxylic acids is 2. The maximum Gasteiger partial charge on any atom is 0.248 e. The molecule has 2 atom stereocenters. The summed E-state index contributed by atoms with van der Waals surface area (Å²) in [6.45, 7) is 3.14. The van der Waals surface area contributed by atoms with Crippen molar-refractivity contribution in [2.75, 3.05) is 19.7 Å². The highest BCUT2D eigenvalue weighted by Gasteiger charge is 2.42. The van der Waals surface area contributed by atoms with Gasteiger partial charge in [-0.2, -0.15) is 0 Å². The molecule has 2 amide bonds. The molecule has 1 aromatic carbocycles. The Balaban J connectivity index is 1.87. The van der Waals surface area contributed by atoms with Crippen molar-refractivity contribution >= 4 is 11.8 Å². The van der Waals surface area contributed by atoms with Crippen LogP contribution in [0.1, 0.15) is 30.9 Å². The summed E-state index contributed by atoms with van der Waals surface area (Å²) < 4.78 is 5.34. The smallest absolute Gasteiger partial charge is 0.248 e. The first kappa shape index (κ1) is 15.0. The first-order valence-electron chi connectivity index (χ1n) is 7.81. The van der Waals surface area contributed by atoms with Gasteiger partial charge in [0.1, 0.15) is 0 Å². The van der Waals surface area contributed by atoms with Crippen LogP contribution in [-0.4, -0.2) is 42.5 Å². The fraction of sp³-hybridized carbons (Fsp3) is 0.529. The number of aryl methyl sites for hydroxylation is 1. The Morgan fingerprint density at radius 2 is 2.14 bits per heavy atom. The van der Waals surface area contributed by atoms with E-state index in [4.69, 9.17) is 10.5 Å². The number of hydrogen-bond donors (Lipinski definition) is 1. The van der Waals surface area contributed by atoms with Crippen molar-refractivity contribution in [3.8, 4) is 0 Å². The van der Waals surface area contributed by atoms with E-state index >= 15 is 0 Å². The molecule has 1 aliphatic carbocycles. The highest BCUT2D eigenvalue weighted by molar-refractivity contribution is 5.89. The third-order valence-corrected chi connectivity index (χ3v) is 4.88. The fourth-order valence-corrected chi connectivity index (χ4v) is 3.62. The van der Waals surface area contributed by atoms with Gasteiger partial charge < -0.3 is 15.4 Å². The zero-order valence-electron chi connectivity index (χ0n) is 12.9. The fourth-order valence-electron chi connectivity index (χ4n) is 3.62. The van der Waals surface area contributed by atoms with Crippen LogP contribution in [0.25, 0.3) is 0 Å². The minimum atomic E-state index is -0.694. The maximum atomic E-state index is 13.1. The lowest BCUT2D eigenvalue weighted by Crippen LogP contribution is -2.55. The van der Waals surface area contributed by atoms with E-state index in [1.54, 1.807) is 4.90 Å². The molecule has 5 heteroatoms. The van der Waals surface area contributed by atoms with E-state index in [0.29, 0.717) is 13.2 Å². The summed E-state index contributed by atoms with van der Waals surface area (Å²) in [4.78, 5) is 26.2. The van der Waals surface area contributed by atoms with E-state index in [1.165, 1.54) is 5.56 Å². The second kappa shape index (κ2) is 5.72. The molecule has 118 valence electrons. The largest absolute Gasteiger partial charge is 0.367 e. The number of nitrogens with zero attached hydrogens (tertiary/aromatic N) is 1. The molecule has 1 heterocycles. The predicted molar refractivity (Wildman–Crippen MR) is 82.2 cm³/mol. The second-order valence-electron chi connectivity index (χ2n) is 6.36. The Bertz CT molecular complexity index is 601. The van der Waals surface area contributed by atoms with Crippen LogP contribution in [0.5, 0.6) is 0 Å². The number of hydrogen-bond acceptors (Lipinski definition) is 3. The van der Waals surface area contributed by atoms with Crippen LogP contribution in [-0.2, 0) is 26.2 Å². The number of rotatable bonds is 2. The normalized spacial score (nSPS) is 28.0. The first-order valence-corrected chi connectivity index (χ1v) is 7.81. The van der Waals surface area contributed by atoms with Crippen molar-refractivity contribution in [2.24, 2.45) is 5.73 Å². The van der Waals surface area contributed by atoms with Crippen LogP contribution in [0.15, 0.2) is 24.3 Å². The number of amides is 2. The number of fused-ring (bicyclic) bond motifs is 1. The van der Waals surface area contributed by atoms with Crippen LogP contribution >= 0.6 is 0 Å². The van der Waals surface area contributed by atoms with Crippen LogP contribution in [0.4, 0.5) is 0 Å². The molecule has 1 fully saturated rings. The summed E-state index contributed by atoms with van der Waals surface area (Å²) in [5, 5.41) is 0. The molecule has 22 heavy (non-hydrogen) atoms. The standard InChI is InChI=1S/C17H22N2O3/c1-17(8-4-6-12-5-2-3-7-13(12)17)16(21)19-9-10-22-14(11-19)15(18)20/h2-3,5,7,14H,4,6,8-11H2,1H3,(H2,18,20). The number of nitrogens with two attached hydrogens (primary N) is 1. The third-order valence-electron chi connectivity index (χ3n) is 4.88. The van der Waals surface area contributed by atoms with Gasteiger partial charge in [0, 0.05) is 6.54 Å². The molecule has 0 aromatic heterocycles. The molecule has 2 N–H and O–H groups in total. The maximum absolute atomic E-state index is 13.1. The number of benzene rings is 1. The van der Waals surface area contributed by atoms with E-state index in [1.807, 2.05) is 19.1 Å². The minimum Gasteiger partial charge on any atom is -0.367 e. The third kappa shape index (κ3) is 2.50. The van der Waals surface area contributed by atoms with Gasteiger partial charge in [-0.15, -0.1) is 0 Å². The Kier molecular flexibility index (Phi) is 3.91. The number of morpholine rings is 1. The monoisotopic (exact) mass is 302 g/mol. The highest BCUT2D eigenvalue weighted by atomic mass is 16.5. The predicted octanol–water partition coefficient (Wildman–Crippen LogP) is 0.993. The average molecular weight is 302 g/mol. The quantitative estimate of drug-likeness (QED) is 0.885. The molecular formula is C17H22N2O3. The molecule has 1 aromatic rings. The van der Waals surface area contributed by atoms with Crippen LogP contribution in [0, 0.1) is 0 Å². The molecule has 0 bridgehead atoms. The summed E-state index contributed by atoms with van der Waals surface area (Å²) in [6.07, 6.45) is 2.16. The number of primary amides is 1. The van der Waals surface area contributed by atoms with E-state index in [2.05, 4.69) is 12.1 Å². The van der Waals surface area contributed by atoms with Gasteiger partial charge in [0.05, 0.1) is 18.6 Å². The number of carbonyl (C=O) groups is 2. The molecule has 1 aliphatic heterocycles. The zero-order chi connectivity index (χ0) is 15.7. The van der Waals surface area contributed by atoms with Crippen LogP contribution < -0.4 is 5.73 Å². The van der Waals surface area contributed by atoms with Crippen molar-refractivity contribution in [3.63, 3.8) is 0 Å². The second-order valence-corrected chi connectivity index (χ2v) is 6.36. The van der Waals surface area contributed by atoms with E-state index in [-0.39, 0.29) is 12.5 Å². The summed E-state index contributed by atoms with van der Waals surface area (Å²) >= 11 is 0. The zero-order valence-corrected chi connectivity index (χ0v) is 12.9. The van der Waals surface area contributed by atoms with Crippen LogP contribution in [0.2, 0.25) is 0 Å². The van der Waals surface area contributed by atoms with E-state index in [0.717, 1.165) is 24.8 Å². The van der Waals surface area contributed by atoms with Gasteiger partial charge in [-0.05, 0) is 37.3 Å². The van der Waals surface area contributed by atoms with Gasteiger partial charge in [0.2, 0.25) is 11.8 Å². The van der Waals surface area contributed by atoms with Crippen molar-refractivity contribution in [3.05, 3.63) is 35.4 Å². The molecule has 0 radical (unpaired) electrons. The minimum absolute atomic E-state index is 0.0780. The van der Waals surface area contributed by atoms with Crippen molar-refractivity contribution in [2.45, 2.75) is 37.7 Å². The van der Waals surface area contributed by atoms with Gasteiger partial charge >= 0.3 is 0 Å². The average Bonchev–Trinajstić information content (AvgIpc) is 2.54. The molecule has 0 spiro atoms. The molecule has 2 aliphatic rings. The lowest BCUT2D eigenvalue weighted by molar-refractivity contribution is -0.149. The van der Waals surface area contributed by atoms with Gasteiger partial charge in [-0.1, -0.05) is 24.3 Å². The topological polar surface area (TPSA) is 72.6 Å². The summed E-state index contributed by atoms with van der Waals surface area (Å²) in [5.74, 6) is -0.430. The lowest BCUT2D eigenvalue weighted by Gasteiger charge is -2.41. The van der Waals surface area contributed by atoms with Crippen LogP contribution in [0.3, 0.4) is 0 Å². The van der Waals surface area contributed by atoms with E-state index < -0.39 is 17.4 Å². The SMILES string of the molecule is CC1(C(=O)N2CCOC(C(N)=O)C2)CCCc2ccccc21. The van der Waals surface area contributed by atoms with Gasteiger partial charge in [-0.3, -0.25) is 9.59 Å².